The summed E-state index contributed by atoms with van der Waals surface area (Å²) >= 11 is 0. The second kappa shape index (κ2) is 4.98. The van der Waals surface area contributed by atoms with Crippen molar-refractivity contribution in [1.29, 1.82) is 5.26 Å². The van der Waals surface area contributed by atoms with Crippen molar-refractivity contribution >= 4 is 11.9 Å². The Labute approximate surface area is 83.5 Å². The van der Waals surface area contributed by atoms with Crippen molar-refractivity contribution in [2.45, 2.75) is 13.3 Å². The van der Waals surface area contributed by atoms with E-state index in [4.69, 9.17) is 5.26 Å². The molecule has 0 N–H and O–H groups in total. The zero-order chi connectivity index (χ0) is 10.4. The van der Waals surface area contributed by atoms with Gasteiger partial charge in [-0.2, -0.15) is 5.26 Å². The minimum absolute atomic E-state index is 0.122. The summed E-state index contributed by atoms with van der Waals surface area (Å²) in [6.07, 6.45) is 3.59. The van der Waals surface area contributed by atoms with Crippen molar-refractivity contribution in [2.75, 3.05) is 0 Å². The Morgan fingerprint density at radius 2 is 2.36 bits per heavy atom. The Kier molecular flexibility index (Phi) is 3.63. The van der Waals surface area contributed by atoms with Crippen molar-refractivity contribution in [3.63, 3.8) is 0 Å². The van der Waals surface area contributed by atoms with Gasteiger partial charge in [0.2, 0.25) is 0 Å². The van der Waals surface area contributed by atoms with E-state index in [-0.39, 0.29) is 5.78 Å². The van der Waals surface area contributed by atoms with E-state index in [1.54, 1.807) is 18.2 Å². The standard InChI is InChI=1S/C12H11NO/c1-2-12(14)11-7-3-5-10(9-11)6-4-8-13/h3-7,9H,2H2,1H3. The van der Waals surface area contributed by atoms with Crippen LogP contribution in [-0.4, -0.2) is 5.78 Å². The number of ketones is 1. The SMILES string of the molecule is CCC(=O)c1cccc(C=CC#N)c1. The Morgan fingerprint density at radius 1 is 1.57 bits per heavy atom. The van der Waals surface area contributed by atoms with Crippen LogP contribution in [0.1, 0.15) is 29.3 Å². The number of Topliss-reactive ketones (excluding diaryl/α,β-unsaturated/α-hetero) is 1. The number of rotatable bonds is 3. The number of hydrogen-bond donors (Lipinski definition) is 0. The molecule has 0 saturated heterocycles. The first-order chi connectivity index (χ1) is 6.77. The first-order valence-electron chi connectivity index (χ1n) is 4.47. The summed E-state index contributed by atoms with van der Waals surface area (Å²) in [5.74, 6) is 0.122. The van der Waals surface area contributed by atoms with Crippen molar-refractivity contribution in [3.8, 4) is 6.07 Å². The molecule has 0 aliphatic heterocycles. The fourth-order valence-electron chi connectivity index (χ4n) is 1.15. The van der Waals surface area contributed by atoms with Crippen LogP contribution in [0, 0.1) is 11.3 Å². The van der Waals surface area contributed by atoms with E-state index in [1.807, 2.05) is 25.1 Å². The smallest absolute Gasteiger partial charge is 0.162 e. The third kappa shape index (κ3) is 2.56. The van der Waals surface area contributed by atoms with Gasteiger partial charge in [0, 0.05) is 18.1 Å². The molecule has 0 amide bonds. The minimum Gasteiger partial charge on any atom is -0.294 e. The Bertz CT molecular complexity index is 399. The molecule has 0 fully saturated rings. The van der Waals surface area contributed by atoms with Gasteiger partial charge in [0.05, 0.1) is 6.07 Å². The summed E-state index contributed by atoms with van der Waals surface area (Å²) in [4.78, 5) is 11.4. The van der Waals surface area contributed by atoms with E-state index in [0.29, 0.717) is 12.0 Å². The van der Waals surface area contributed by atoms with Crippen molar-refractivity contribution < 1.29 is 4.79 Å². The van der Waals surface area contributed by atoms with E-state index < -0.39 is 0 Å². The molecule has 70 valence electrons. The van der Waals surface area contributed by atoms with Crippen LogP contribution in [0.15, 0.2) is 30.3 Å². The molecule has 0 bridgehead atoms. The van der Waals surface area contributed by atoms with Gasteiger partial charge >= 0.3 is 0 Å². The van der Waals surface area contributed by atoms with E-state index >= 15 is 0 Å². The van der Waals surface area contributed by atoms with Crippen molar-refractivity contribution in [3.05, 3.63) is 41.5 Å². The fourth-order valence-corrected chi connectivity index (χ4v) is 1.15. The molecule has 0 aliphatic carbocycles. The third-order valence-corrected chi connectivity index (χ3v) is 1.88. The van der Waals surface area contributed by atoms with Crippen molar-refractivity contribution in [2.24, 2.45) is 0 Å². The normalized spacial score (nSPS) is 10.0. The molecule has 1 aromatic rings. The van der Waals surface area contributed by atoms with Gasteiger partial charge in [-0.1, -0.05) is 25.1 Å². The van der Waals surface area contributed by atoms with Gasteiger partial charge in [-0.3, -0.25) is 4.79 Å². The number of nitrogens with zero attached hydrogens (tertiary/aromatic N) is 1. The highest BCUT2D eigenvalue weighted by atomic mass is 16.1. The van der Waals surface area contributed by atoms with Gasteiger partial charge in [-0.05, 0) is 17.7 Å². The minimum atomic E-state index is 0.122. The lowest BCUT2D eigenvalue weighted by Crippen LogP contribution is -1.95. The highest BCUT2D eigenvalue weighted by Gasteiger charge is 2.01. The molecule has 0 radical (unpaired) electrons. The van der Waals surface area contributed by atoms with E-state index in [2.05, 4.69) is 0 Å². The third-order valence-electron chi connectivity index (χ3n) is 1.88. The lowest BCUT2D eigenvalue weighted by Gasteiger charge is -1.98. The molecule has 1 aromatic carbocycles. The Hall–Kier alpha value is -1.88. The quantitative estimate of drug-likeness (QED) is 0.536. The highest BCUT2D eigenvalue weighted by molar-refractivity contribution is 5.96. The number of benzene rings is 1. The Balaban J connectivity index is 2.96. The molecule has 0 heterocycles. The lowest BCUT2D eigenvalue weighted by molar-refractivity contribution is 0.0988. The van der Waals surface area contributed by atoms with Crippen LogP contribution in [0.4, 0.5) is 0 Å². The lowest BCUT2D eigenvalue weighted by atomic mass is 10.1. The van der Waals surface area contributed by atoms with E-state index in [1.165, 1.54) is 6.08 Å². The predicted octanol–water partition coefficient (Wildman–Crippen LogP) is 2.82. The van der Waals surface area contributed by atoms with E-state index in [0.717, 1.165) is 5.56 Å². The van der Waals surface area contributed by atoms with Gasteiger partial charge in [0.1, 0.15) is 0 Å². The first-order valence-corrected chi connectivity index (χ1v) is 4.47. The monoisotopic (exact) mass is 185 g/mol. The molecule has 0 spiro atoms. The molecule has 2 heteroatoms. The average Bonchev–Trinajstić information content (AvgIpc) is 2.25. The van der Waals surface area contributed by atoms with Crippen LogP contribution in [-0.2, 0) is 0 Å². The summed E-state index contributed by atoms with van der Waals surface area (Å²) in [7, 11) is 0. The van der Waals surface area contributed by atoms with Crippen LogP contribution in [0.2, 0.25) is 0 Å². The van der Waals surface area contributed by atoms with Crippen LogP contribution < -0.4 is 0 Å². The molecule has 0 atom stereocenters. The second-order valence-electron chi connectivity index (χ2n) is 2.86. The summed E-state index contributed by atoms with van der Waals surface area (Å²) in [5.41, 5.74) is 1.58. The number of carbonyl (C=O) groups is 1. The molecule has 0 saturated carbocycles. The van der Waals surface area contributed by atoms with Gasteiger partial charge in [-0.15, -0.1) is 0 Å². The summed E-state index contributed by atoms with van der Waals surface area (Å²) in [5, 5.41) is 8.35. The fraction of sp³-hybridized carbons (Fsp3) is 0.167. The molecule has 0 aromatic heterocycles. The number of allylic oxidation sites excluding steroid dienone is 1. The molecular weight excluding hydrogens is 174 g/mol. The zero-order valence-corrected chi connectivity index (χ0v) is 8.03. The predicted molar refractivity (Wildman–Crippen MR) is 55.7 cm³/mol. The molecule has 0 unspecified atom stereocenters. The van der Waals surface area contributed by atoms with Crippen LogP contribution in [0.5, 0.6) is 0 Å². The summed E-state index contributed by atoms with van der Waals surface area (Å²) < 4.78 is 0. The number of hydrogen-bond acceptors (Lipinski definition) is 2. The zero-order valence-electron chi connectivity index (χ0n) is 8.03. The molecular formula is C12H11NO. The van der Waals surface area contributed by atoms with Crippen LogP contribution >= 0.6 is 0 Å². The van der Waals surface area contributed by atoms with Gasteiger partial charge < -0.3 is 0 Å². The topological polar surface area (TPSA) is 40.9 Å². The summed E-state index contributed by atoms with van der Waals surface area (Å²) in [6.45, 7) is 1.83. The van der Waals surface area contributed by atoms with Crippen LogP contribution in [0.3, 0.4) is 0 Å². The first kappa shape index (κ1) is 10.2. The largest absolute Gasteiger partial charge is 0.294 e. The van der Waals surface area contributed by atoms with Gasteiger partial charge in [-0.25, -0.2) is 0 Å². The maximum Gasteiger partial charge on any atom is 0.162 e. The average molecular weight is 185 g/mol. The highest BCUT2D eigenvalue weighted by Crippen LogP contribution is 2.09. The molecule has 14 heavy (non-hydrogen) atoms. The van der Waals surface area contributed by atoms with Crippen LogP contribution in [0.25, 0.3) is 6.08 Å². The second-order valence-corrected chi connectivity index (χ2v) is 2.86. The number of nitriles is 1. The molecule has 0 aliphatic rings. The Morgan fingerprint density at radius 3 is 3.00 bits per heavy atom. The van der Waals surface area contributed by atoms with Crippen molar-refractivity contribution in [1.82, 2.24) is 0 Å². The number of carbonyl (C=O) groups excluding carboxylic acids is 1. The van der Waals surface area contributed by atoms with E-state index in [9.17, 15) is 4.79 Å². The van der Waals surface area contributed by atoms with Gasteiger partial charge in [0.25, 0.3) is 0 Å². The maximum absolute atomic E-state index is 11.4. The molecule has 1 rings (SSSR count). The summed E-state index contributed by atoms with van der Waals surface area (Å²) in [6, 6.07) is 9.17. The maximum atomic E-state index is 11.4. The molecule has 2 nitrogen and oxygen atoms in total. The van der Waals surface area contributed by atoms with Gasteiger partial charge in [0.15, 0.2) is 5.78 Å².